The van der Waals surface area contributed by atoms with E-state index in [0.29, 0.717) is 11.1 Å². The fourth-order valence-electron chi connectivity index (χ4n) is 5.10. The van der Waals surface area contributed by atoms with E-state index in [1.54, 1.807) is 6.07 Å². The third-order valence-electron chi connectivity index (χ3n) is 6.41. The van der Waals surface area contributed by atoms with E-state index in [1.165, 1.54) is 25.7 Å². The fourth-order valence-corrected chi connectivity index (χ4v) is 5.10. The molecule has 134 valence electrons. The number of carbonyl (C=O) groups is 2. The minimum atomic E-state index is -0.518. The van der Waals surface area contributed by atoms with E-state index in [0.717, 1.165) is 37.5 Å². The number of likely N-dealkylation sites (tertiary alicyclic amines) is 1. The third-order valence-corrected chi connectivity index (χ3v) is 6.41. The van der Waals surface area contributed by atoms with E-state index in [2.05, 4.69) is 11.8 Å². The first-order valence-electron chi connectivity index (χ1n) is 9.57. The number of primary amides is 1. The van der Waals surface area contributed by atoms with Crippen LogP contribution in [0.3, 0.4) is 0 Å². The number of benzene rings is 1. The molecule has 1 atom stereocenters. The van der Waals surface area contributed by atoms with Crippen LogP contribution in [0.15, 0.2) is 18.2 Å². The number of rotatable bonds is 3. The molecule has 0 bridgehead atoms. The van der Waals surface area contributed by atoms with Gasteiger partial charge < -0.3 is 15.5 Å². The summed E-state index contributed by atoms with van der Waals surface area (Å²) in [6, 6.07) is 6.48. The summed E-state index contributed by atoms with van der Waals surface area (Å²) in [6.45, 7) is 4.22. The summed E-state index contributed by atoms with van der Waals surface area (Å²) in [5, 5.41) is 0. The van der Waals surface area contributed by atoms with Gasteiger partial charge in [-0.3, -0.25) is 9.59 Å². The second kappa shape index (κ2) is 6.45. The average Bonchev–Trinajstić information content (AvgIpc) is 3.23. The Morgan fingerprint density at radius 2 is 1.76 bits per heavy atom. The monoisotopic (exact) mass is 341 g/mol. The van der Waals surface area contributed by atoms with Crippen molar-refractivity contribution in [3.63, 3.8) is 0 Å². The van der Waals surface area contributed by atoms with Gasteiger partial charge in [-0.15, -0.1) is 0 Å². The summed E-state index contributed by atoms with van der Waals surface area (Å²) in [5.41, 5.74) is 7.32. The van der Waals surface area contributed by atoms with Crippen molar-refractivity contribution in [1.29, 1.82) is 0 Å². The minimum Gasteiger partial charge on any atom is -0.366 e. The molecule has 5 heteroatoms. The second-order valence-electron chi connectivity index (χ2n) is 7.73. The fraction of sp³-hybridized carbons (Fsp3) is 0.600. The SMILES string of the molecule is CC1c2cccc(C(N)=O)c2C(=O)N1C1CCN(C2CCCC2)CC1. The highest BCUT2D eigenvalue weighted by Crippen LogP contribution is 2.39. The highest BCUT2D eigenvalue weighted by atomic mass is 16.2. The normalized spacial score (nSPS) is 25.6. The van der Waals surface area contributed by atoms with Gasteiger partial charge in [0, 0.05) is 25.2 Å². The summed E-state index contributed by atoms with van der Waals surface area (Å²) in [4.78, 5) is 29.4. The van der Waals surface area contributed by atoms with Gasteiger partial charge >= 0.3 is 0 Å². The Hall–Kier alpha value is -1.88. The van der Waals surface area contributed by atoms with Crippen LogP contribution in [0, 0.1) is 0 Å². The number of nitrogens with zero attached hydrogens (tertiary/aromatic N) is 2. The highest BCUT2D eigenvalue weighted by molar-refractivity contribution is 6.09. The van der Waals surface area contributed by atoms with Crippen LogP contribution in [0.5, 0.6) is 0 Å². The lowest BCUT2D eigenvalue weighted by Crippen LogP contribution is -2.48. The number of amides is 2. The maximum Gasteiger partial charge on any atom is 0.255 e. The summed E-state index contributed by atoms with van der Waals surface area (Å²) in [6.07, 6.45) is 7.42. The van der Waals surface area contributed by atoms with Crippen LogP contribution in [0.2, 0.25) is 0 Å². The molecule has 1 aromatic rings. The van der Waals surface area contributed by atoms with Crippen LogP contribution in [-0.4, -0.2) is 46.8 Å². The van der Waals surface area contributed by atoms with E-state index in [9.17, 15) is 9.59 Å². The largest absolute Gasteiger partial charge is 0.366 e. The molecule has 1 saturated carbocycles. The van der Waals surface area contributed by atoms with Crippen LogP contribution in [0.4, 0.5) is 0 Å². The van der Waals surface area contributed by atoms with Crippen LogP contribution in [-0.2, 0) is 0 Å². The van der Waals surface area contributed by atoms with Crippen LogP contribution in [0.25, 0.3) is 0 Å². The zero-order valence-electron chi connectivity index (χ0n) is 14.9. The lowest BCUT2D eigenvalue weighted by molar-refractivity contribution is 0.0467. The van der Waals surface area contributed by atoms with Crippen molar-refractivity contribution < 1.29 is 9.59 Å². The lowest BCUT2D eigenvalue weighted by Gasteiger charge is -2.41. The summed E-state index contributed by atoms with van der Waals surface area (Å²) in [5.74, 6) is -0.536. The Balaban J connectivity index is 1.51. The zero-order valence-corrected chi connectivity index (χ0v) is 14.9. The molecule has 1 unspecified atom stereocenters. The number of nitrogens with two attached hydrogens (primary N) is 1. The minimum absolute atomic E-state index is 0.0174. The van der Waals surface area contributed by atoms with Crippen molar-refractivity contribution in [1.82, 2.24) is 9.80 Å². The van der Waals surface area contributed by atoms with Crippen LogP contribution in [0.1, 0.15) is 77.8 Å². The predicted octanol–water partition coefficient (Wildman–Crippen LogP) is 2.71. The van der Waals surface area contributed by atoms with Gasteiger partial charge in [-0.25, -0.2) is 0 Å². The smallest absolute Gasteiger partial charge is 0.255 e. The molecule has 2 amide bonds. The van der Waals surface area contributed by atoms with Crippen molar-refractivity contribution in [3.8, 4) is 0 Å². The molecule has 1 saturated heterocycles. The molecule has 0 spiro atoms. The Bertz CT molecular complexity index is 688. The molecule has 4 rings (SSSR count). The first kappa shape index (κ1) is 16.6. The molecule has 0 radical (unpaired) electrons. The maximum absolute atomic E-state index is 13.1. The summed E-state index contributed by atoms with van der Waals surface area (Å²) < 4.78 is 0. The van der Waals surface area contributed by atoms with Gasteiger partial charge in [0.1, 0.15) is 0 Å². The molecular weight excluding hydrogens is 314 g/mol. The maximum atomic E-state index is 13.1. The molecule has 2 aliphatic heterocycles. The number of fused-ring (bicyclic) bond motifs is 1. The molecule has 2 N–H and O–H groups in total. The van der Waals surface area contributed by atoms with Gasteiger partial charge in [-0.1, -0.05) is 25.0 Å². The van der Waals surface area contributed by atoms with E-state index in [4.69, 9.17) is 5.73 Å². The topological polar surface area (TPSA) is 66.6 Å². The van der Waals surface area contributed by atoms with Crippen molar-refractivity contribution >= 4 is 11.8 Å². The third kappa shape index (κ3) is 2.74. The van der Waals surface area contributed by atoms with Gasteiger partial charge in [0.05, 0.1) is 17.2 Å². The first-order valence-corrected chi connectivity index (χ1v) is 9.57. The molecule has 2 heterocycles. The number of carbonyl (C=O) groups excluding carboxylic acids is 2. The number of hydrogen-bond donors (Lipinski definition) is 1. The highest BCUT2D eigenvalue weighted by Gasteiger charge is 2.41. The van der Waals surface area contributed by atoms with Gasteiger partial charge in [0.25, 0.3) is 5.91 Å². The Morgan fingerprint density at radius 3 is 2.40 bits per heavy atom. The van der Waals surface area contributed by atoms with Gasteiger partial charge in [0.15, 0.2) is 0 Å². The van der Waals surface area contributed by atoms with Crippen LogP contribution >= 0.6 is 0 Å². The predicted molar refractivity (Wildman–Crippen MR) is 96.4 cm³/mol. The van der Waals surface area contributed by atoms with Crippen molar-refractivity contribution in [2.75, 3.05) is 13.1 Å². The molecule has 25 heavy (non-hydrogen) atoms. The van der Waals surface area contributed by atoms with Crippen molar-refractivity contribution in [3.05, 3.63) is 34.9 Å². The number of hydrogen-bond acceptors (Lipinski definition) is 3. The molecule has 2 fully saturated rings. The molecule has 3 aliphatic rings. The quantitative estimate of drug-likeness (QED) is 0.919. The Kier molecular flexibility index (Phi) is 4.28. The molecule has 1 aromatic carbocycles. The molecule has 0 aromatic heterocycles. The average molecular weight is 341 g/mol. The molecule has 1 aliphatic carbocycles. The molecule has 5 nitrogen and oxygen atoms in total. The first-order chi connectivity index (χ1) is 12.1. The van der Waals surface area contributed by atoms with Gasteiger partial charge in [-0.05, 0) is 44.2 Å². The van der Waals surface area contributed by atoms with E-state index >= 15 is 0 Å². The van der Waals surface area contributed by atoms with Gasteiger partial charge in [0.2, 0.25) is 5.91 Å². The molecular formula is C20H27N3O2. The zero-order chi connectivity index (χ0) is 17.6. The Morgan fingerprint density at radius 1 is 1.08 bits per heavy atom. The second-order valence-corrected chi connectivity index (χ2v) is 7.73. The summed E-state index contributed by atoms with van der Waals surface area (Å²) in [7, 11) is 0. The van der Waals surface area contributed by atoms with Gasteiger partial charge in [-0.2, -0.15) is 0 Å². The standard InChI is InChI=1S/C20H27N3O2/c1-13-16-7-4-8-17(19(21)24)18(16)20(25)23(13)15-9-11-22(12-10-15)14-5-2-3-6-14/h4,7-8,13-15H,2-3,5-6,9-12H2,1H3,(H2,21,24). The van der Waals surface area contributed by atoms with E-state index in [-0.39, 0.29) is 18.0 Å². The van der Waals surface area contributed by atoms with Crippen molar-refractivity contribution in [2.24, 2.45) is 5.73 Å². The summed E-state index contributed by atoms with van der Waals surface area (Å²) >= 11 is 0. The van der Waals surface area contributed by atoms with E-state index < -0.39 is 5.91 Å². The number of piperidine rings is 1. The van der Waals surface area contributed by atoms with Crippen molar-refractivity contribution in [2.45, 2.75) is 63.6 Å². The van der Waals surface area contributed by atoms with Crippen LogP contribution < -0.4 is 5.73 Å². The van der Waals surface area contributed by atoms with E-state index in [1.807, 2.05) is 17.0 Å². The lowest BCUT2D eigenvalue weighted by atomic mass is 9.99. The Labute approximate surface area is 149 Å².